The number of hydrogen-bond acceptors (Lipinski definition) is 3. The molecule has 0 radical (unpaired) electrons. The molecule has 2 aromatic rings. The Balaban J connectivity index is 1.94. The smallest absolute Gasteiger partial charge is 0.339 e. The van der Waals surface area contributed by atoms with Crippen LogP contribution in [0.1, 0.15) is 10.4 Å². The molecule has 0 heterocycles. The van der Waals surface area contributed by atoms with Crippen molar-refractivity contribution >= 4 is 56.7 Å². The van der Waals surface area contributed by atoms with E-state index in [9.17, 15) is 9.59 Å². The van der Waals surface area contributed by atoms with Crippen molar-refractivity contribution in [3.05, 3.63) is 62.5 Å². The normalized spacial score (nSPS) is 10.1. The largest absolute Gasteiger partial charge is 0.452 e. The van der Waals surface area contributed by atoms with Gasteiger partial charge >= 0.3 is 5.97 Å². The average molecular weight is 403 g/mol. The van der Waals surface area contributed by atoms with Gasteiger partial charge in [-0.25, -0.2) is 4.79 Å². The summed E-state index contributed by atoms with van der Waals surface area (Å²) in [5.41, 5.74) is 0.701. The maximum absolute atomic E-state index is 11.9. The summed E-state index contributed by atoms with van der Waals surface area (Å²) in [7, 11) is 0. The van der Waals surface area contributed by atoms with Gasteiger partial charge in [0.05, 0.1) is 16.3 Å². The third-order valence-electron chi connectivity index (χ3n) is 2.63. The molecule has 1 amide bonds. The van der Waals surface area contributed by atoms with Gasteiger partial charge in [-0.1, -0.05) is 35.3 Å². The van der Waals surface area contributed by atoms with Crippen LogP contribution in [-0.2, 0) is 9.53 Å². The summed E-state index contributed by atoms with van der Waals surface area (Å²) in [4.78, 5) is 23.7. The molecule has 0 fully saturated rings. The maximum atomic E-state index is 11.9. The first kappa shape index (κ1) is 16.8. The predicted octanol–water partition coefficient (Wildman–Crippen LogP) is 4.55. The molecular formula is C15H10BrCl2NO3. The minimum absolute atomic E-state index is 0.342. The minimum Gasteiger partial charge on any atom is -0.452 e. The number of carbonyl (C=O) groups is 2. The molecule has 2 rings (SSSR count). The van der Waals surface area contributed by atoms with Gasteiger partial charge in [0, 0.05) is 9.50 Å². The maximum Gasteiger partial charge on any atom is 0.339 e. The molecule has 0 unspecified atom stereocenters. The van der Waals surface area contributed by atoms with Crippen molar-refractivity contribution in [3.8, 4) is 0 Å². The summed E-state index contributed by atoms with van der Waals surface area (Å²) in [6.07, 6.45) is 0. The lowest BCUT2D eigenvalue weighted by Crippen LogP contribution is -2.21. The number of hydrogen-bond donors (Lipinski definition) is 1. The molecule has 22 heavy (non-hydrogen) atoms. The van der Waals surface area contributed by atoms with Crippen LogP contribution >= 0.6 is 39.1 Å². The summed E-state index contributed by atoms with van der Waals surface area (Å²) >= 11 is 15.0. The lowest BCUT2D eigenvalue weighted by Gasteiger charge is -2.09. The Morgan fingerprint density at radius 1 is 1.14 bits per heavy atom. The second kappa shape index (κ2) is 7.63. The number of esters is 1. The van der Waals surface area contributed by atoms with E-state index in [4.69, 9.17) is 27.9 Å². The van der Waals surface area contributed by atoms with Crippen molar-refractivity contribution in [2.24, 2.45) is 0 Å². The van der Waals surface area contributed by atoms with E-state index in [1.54, 1.807) is 36.4 Å². The highest BCUT2D eigenvalue weighted by Gasteiger charge is 2.13. The van der Waals surface area contributed by atoms with Crippen molar-refractivity contribution in [2.45, 2.75) is 0 Å². The van der Waals surface area contributed by atoms with E-state index in [0.717, 1.165) is 0 Å². The number of benzene rings is 2. The lowest BCUT2D eigenvalue weighted by atomic mass is 10.2. The van der Waals surface area contributed by atoms with Crippen LogP contribution in [-0.4, -0.2) is 18.5 Å². The zero-order valence-corrected chi connectivity index (χ0v) is 14.2. The van der Waals surface area contributed by atoms with Crippen LogP contribution < -0.4 is 5.32 Å². The number of carbonyl (C=O) groups excluding carboxylic acids is 2. The van der Waals surface area contributed by atoms with Crippen LogP contribution in [0.5, 0.6) is 0 Å². The molecule has 7 heteroatoms. The van der Waals surface area contributed by atoms with Crippen molar-refractivity contribution in [1.29, 1.82) is 0 Å². The van der Waals surface area contributed by atoms with Gasteiger partial charge < -0.3 is 10.1 Å². The molecule has 0 saturated carbocycles. The first-order chi connectivity index (χ1) is 10.5. The van der Waals surface area contributed by atoms with Crippen LogP contribution in [0, 0.1) is 0 Å². The SMILES string of the molecule is O=C(COC(=O)c1ccccc1Br)Nc1cc(Cl)ccc1Cl. The highest BCUT2D eigenvalue weighted by molar-refractivity contribution is 9.10. The molecule has 0 atom stereocenters. The molecule has 0 aromatic heterocycles. The Hall–Kier alpha value is -1.56. The Labute approximate surface area is 145 Å². The standard InChI is InChI=1S/C15H10BrCl2NO3/c16-11-4-2-1-3-10(11)15(21)22-8-14(20)19-13-7-9(17)5-6-12(13)18/h1-7H,8H2,(H,19,20). The fraction of sp³-hybridized carbons (Fsp3) is 0.0667. The molecule has 0 bridgehead atoms. The molecule has 4 nitrogen and oxygen atoms in total. The molecule has 0 saturated heterocycles. The van der Waals surface area contributed by atoms with Crippen LogP contribution in [0.15, 0.2) is 46.9 Å². The van der Waals surface area contributed by atoms with Crippen LogP contribution in [0.2, 0.25) is 10.0 Å². The van der Waals surface area contributed by atoms with Gasteiger partial charge in [-0.2, -0.15) is 0 Å². The van der Waals surface area contributed by atoms with Gasteiger partial charge in [0.15, 0.2) is 6.61 Å². The second-order valence-corrected chi connectivity index (χ2v) is 5.93. The molecule has 0 aliphatic rings. The Bertz CT molecular complexity index is 722. The van der Waals surface area contributed by atoms with Crippen molar-refractivity contribution in [1.82, 2.24) is 0 Å². The first-order valence-electron chi connectivity index (χ1n) is 6.14. The quantitative estimate of drug-likeness (QED) is 0.763. The molecular weight excluding hydrogens is 393 g/mol. The summed E-state index contributed by atoms with van der Waals surface area (Å²) in [5.74, 6) is -1.11. The van der Waals surface area contributed by atoms with E-state index in [1.165, 1.54) is 6.07 Å². The predicted molar refractivity (Wildman–Crippen MR) is 89.5 cm³/mol. The summed E-state index contributed by atoms with van der Waals surface area (Å²) in [6.45, 7) is -0.428. The average Bonchev–Trinajstić information content (AvgIpc) is 2.49. The molecule has 2 aromatic carbocycles. The van der Waals surface area contributed by atoms with E-state index in [0.29, 0.717) is 25.8 Å². The molecule has 0 spiro atoms. The van der Waals surface area contributed by atoms with Crippen molar-refractivity contribution in [2.75, 3.05) is 11.9 Å². The van der Waals surface area contributed by atoms with Gasteiger partial charge in [0.2, 0.25) is 0 Å². The first-order valence-corrected chi connectivity index (χ1v) is 7.69. The zero-order chi connectivity index (χ0) is 16.1. The van der Waals surface area contributed by atoms with E-state index in [-0.39, 0.29) is 0 Å². The third kappa shape index (κ3) is 4.47. The van der Waals surface area contributed by atoms with E-state index in [1.807, 2.05) is 0 Å². The van der Waals surface area contributed by atoms with E-state index < -0.39 is 18.5 Å². The van der Waals surface area contributed by atoms with E-state index in [2.05, 4.69) is 21.2 Å². The minimum atomic E-state index is -0.597. The van der Waals surface area contributed by atoms with Gasteiger partial charge in [-0.15, -0.1) is 0 Å². The monoisotopic (exact) mass is 401 g/mol. The van der Waals surface area contributed by atoms with E-state index >= 15 is 0 Å². The topological polar surface area (TPSA) is 55.4 Å². The molecule has 0 aliphatic heterocycles. The highest BCUT2D eigenvalue weighted by atomic mass is 79.9. The third-order valence-corrected chi connectivity index (χ3v) is 3.89. The summed E-state index contributed by atoms with van der Waals surface area (Å²) in [5, 5.41) is 3.31. The fourth-order valence-electron chi connectivity index (χ4n) is 1.62. The number of amides is 1. The summed E-state index contributed by atoms with van der Waals surface area (Å²) < 4.78 is 5.55. The van der Waals surface area contributed by atoms with Crippen LogP contribution in [0.4, 0.5) is 5.69 Å². The molecule has 1 N–H and O–H groups in total. The molecule has 0 aliphatic carbocycles. The second-order valence-electron chi connectivity index (χ2n) is 4.23. The zero-order valence-electron chi connectivity index (χ0n) is 11.1. The number of rotatable bonds is 4. The van der Waals surface area contributed by atoms with Crippen molar-refractivity contribution < 1.29 is 14.3 Å². The van der Waals surface area contributed by atoms with Crippen LogP contribution in [0.25, 0.3) is 0 Å². The summed E-state index contributed by atoms with van der Waals surface area (Å²) in [6, 6.07) is 11.5. The lowest BCUT2D eigenvalue weighted by molar-refractivity contribution is -0.119. The van der Waals surface area contributed by atoms with Crippen molar-refractivity contribution in [3.63, 3.8) is 0 Å². The van der Waals surface area contributed by atoms with Gasteiger partial charge in [0.25, 0.3) is 5.91 Å². The van der Waals surface area contributed by atoms with Gasteiger partial charge in [-0.3, -0.25) is 4.79 Å². The van der Waals surface area contributed by atoms with Gasteiger partial charge in [-0.05, 0) is 46.3 Å². The molecule has 114 valence electrons. The Kier molecular flexibility index (Phi) is 5.83. The Morgan fingerprint density at radius 2 is 1.86 bits per heavy atom. The van der Waals surface area contributed by atoms with Gasteiger partial charge in [0.1, 0.15) is 0 Å². The fourth-order valence-corrected chi connectivity index (χ4v) is 2.40. The number of halogens is 3. The number of ether oxygens (including phenoxy) is 1. The highest BCUT2D eigenvalue weighted by Crippen LogP contribution is 2.25. The number of anilines is 1. The number of nitrogens with one attached hydrogen (secondary N) is 1. The van der Waals surface area contributed by atoms with Crippen LogP contribution in [0.3, 0.4) is 0 Å². The Morgan fingerprint density at radius 3 is 2.59 bits per heavy atom.